The first-order chi connectivity index (χ1) is 9.24. The summed E-state index contributed by atoms with van der Waals surface area (Å²) in [7, 11) is 0. The van der Waals surface area contributed by atoms with Crippen molar-refractivity contribution in [1.29, 1.82) is 0 Å². The fourth-order valence-electron chi connectivity index (χ4n) is 3.59. The first-order valence-corrected chi connectivity index (χ1v) is 7.80. The maximum Gasteiger partial charge on any atom is 0.0250 e. The number of hydrogen-bond donors (Lipinski definition) is 1. The molecular weight excluding hydrogens is 232 g/mol. The molecule has 2 atom stereocenters. The molecule has 0 aliphatic carbocycles. The highest BCUT2D eigenvalue weighted by atomic mass is 15.2. The van der Waals surface area contributed by atoms with Gasteiger partial charge in [0.2, 0.25) is 0 Å². The van der Waals surface area contributed by atoms with E-state index in [9.17, 15) is 0 Å². The second-order valence-electron chi connectivity index (χ2n) is 6.42. The van der Waals surface area contributed by atoms with E-state index in [-0.39, 0.29) is 0 Å². The minimum Gasteiger partial charge on any atom is -0.308 e. The number of benzene rings is 1. The molecule has 2 saturated heterocycles. The Morgan fingerprint density at radius 1 is 1.16 bits per heavy atom. The van der Waals surface area contributed by atoms with Crippen LogP contribution in [0.3, 0.4) is 0 Å². The van der Waals surface area contributed by atoms with Gasteiger partial charge in [-0.05, 0) is 42.9 Å². The summed E-state index contributed by atoms with van der Waals surface area (Å²) in [5.74, 6) is 0.629. The Labute approximate surface area is 117 Å². The number of nitrogens with one attached hydrogen (secondary N) is 1. The summed E-state index contributed by atoms with van der Waals surface area (Å²) in [6.45, 7) is 8.15. The van der Waals surface area contributed by atoms with Crippen LogP contribution in [-0.4, -0.2) is 30.1 Å². The normalized spacial score (nSPS) is 27.1. The predicted molar refractivity (Wildman–Crippen MR) is 80.4 cm³/mol. The third kappa shape index (κ3) is 2.85. The van der Waals surface area contributed by atoms with Crippen LogP contribution in [0.5, 0.6) is 0 Å². The molecule has 2 nitrogen and oxygen atoms in total. The summed E-state index contributed by atoms with van der Waals surface area (Å²) in [5, 5.41) is 3.78. The molecule has 0 amide bonds. The zero-order valence-corrected chi connectivity index (χ0v) is 12.2. The molecule has 2 aliphatic heterocycles. The van der Waals surface area contributed by atoms with Crippen molar-refractivity contribution in [2.75, 3.05) is 13.1 Å². The van der Waals surface area contributed by atoms with Crippen LogP contribution in [0.2, 0.25) is 0 Å². The van der Waals surface area contributed by atoms with E-state index in [1.807, 2.05) is 0 Å². The Kier molecular flexibility index (Phi) is 3.90. The molecule has 19 heavy (non-hydrogen) atoms. The number of hydrogen-bond acceptors (Lipinski definition) is 2. The summed E-state index contributed by atoms with van der Waals surface area (Å²) in [6, 6.07) is 10.6. The van der Waals surface area contributed by atoms with Gasteiger partial charge in [0.15, 0.2) is 0 Å². The van der Waals surface area contributed by atoms with Crippen LogP contribution in [0, 0.1) is 0 Å². The lowest BCUT2D eigenvalue weighted by Gasteiger charge is -2.21. The molecule has 1 aromatic carbocycles. The number of fused-ring (bicyclic) bond motifs is 1. The van der Waals surface area contributed by atoms with Crippen LogP contribution in [0.4, 0.5) is 0 Å². The van der Waals surface area contributed by atoms with Crippen molar-refractivity contribution in [2.45, 2.75) is 57.7 Å². The molecule has 104 valence electrons. The minimum atomic E-state index is 0.629. The zero-order valence-electron chi connectivity index (χ0n) is 12.2. The van der Waals surface area contributed by atoms with Gasteiger partial charge in [0.25, 0.3) is 0 Å². The Morgan fingerprint density at radius 2 is 1.95 bits per heavy atom. The zero-order chi connectivity index (χ0) is 13.2. The quantitative estimate of drug-likeness (QED) is 0.892. The van der Waals surface area contributed by atoms with Crippen LogP contribution in [0.15, 0.2) is 24.3 Å². The highest BCUT2D eigenvalue weighted by Crippen LogP contribution is 2.28. The molecule has 0 aromatic heterocycles. The van der Waals surface area contributed by atoms with E-state index >= 15 is 0 Å². The van der Waals surface area contributed by atoms with Gasteiger partial charge in [0.05, 0.1) is 0 Å². The van der Waals surface area contributed by atoms with Gasteiger partial charge in [-0.15, -0.1) is 0 Å². The molecule has 2 heteroatoms. The van der Waals surface area contributed by atoms with Gasteiger partial charge in [-0.2, -0.15) is 0 Å². The Bertz CT molecular complexity index is 410. The molecule has 0 spiro atoms. The van der Waals surface area contributed by atoms with E-state index in [0.29, 0.717) is 12.0 Å². The molecular formula is C17H26N2. The van der Waals surface area contributed by atoms with Crippen molar-refractivity contribution in [3.8, 4) is 0 Å². The molecule has 2 fully saturated rings. The maximum absolute atomic E-state index is 3.78. The van der Waals surface area contributed by atoms with Crippen molar-refractivity contribution in [3.63, 3.8) is 0 Å². The van der Waals surface area contributed by atoms with Crippen LogP contribution in [0.1, 0.15) is 50.2 Å². The fraction of sp³-hybridized carbons (Fsp3) is 0.647. The smallest absolute Gasteiger partial charge is 0.0250 e. The Morgan fingerprint density at radius 3 is 2.68 bits per heavy atom. The summed E-state index contributed by atoms with van der Waals surface area (Å²) in [5.41, 5.74) is 2.85. The second-order valence-corrected chi connectivity index (χ2v) is 6.42. The molecule has 2 heterocycles. The monoisotopic (exact) mass is 258 g/mol. The average Bonchev–Trinajstić information content (AvgIpc) is 3.00. The molecule has 2 unspecified atom stereocenters. The summed E-state index contributed by atoms with van der Waals surface area (Å²) in [6.07, 6.45) is 4.12. The SMILES string of the molecule is CC(C)c1ccc(CNC2CCN3CCCC23)cc1. The van der Waals surface area contributed by atoms with E-state index in [1.165, 1.54) is 43.5 Å². The molecule has 0 saturated carbocycles. The third-order valence-corrected chi connectivity index (χ3v) is 4.82. The van der Waals surface area contributed by atoms with Crippen molar-refractivity contribution >= 4 is 0 Å². The highest BCUT2D eigenvalue weighted by molar-refractivity contribution is 5.24. The number of rotatable bonds is 4. The van der Waals surface area contributed by atoms with E-state index in [0.717, 1.165) is 12.6 Å². The van der Waals surface area contributed by atoms with Crippen molar-refractivity contribution in [1.82, 2.24) is 10.2 Å². The van der Waals surface area contributed by atoms with Crippen molar-refractivity contribution < 1.29 is 0 Å². The van der Waals surface area contributed by atoms with Crippen LogP contribution in [0.25, 0.3) is 0 Å². The van der Waals surface area contributed by atoms with Crippen molar-refractivity contribution in [2.24, 2.45) is 0 Å². The highest BCUT2D eigenvalue weighted by Gasteiger charge is 2.36. The van der Waals surface area contributed by atoms with Gasteiger partial charge >= 0.3 is 0 Å². The molecule has 2 aliphatic rings. The van der Waals surface area contributed by atoms with Gasteiger partial charge in [-0.3, -0.25) is 4.90 Å². The van der Waals surface area contributed by atoms with Gasteiger partial charge in [-0.25, -0.2) is 0 Å². The topological polar surface area (TPSA) is 15.3 Å². The van der Waals surface area contributed by atoms with Gasteiger partial charge in [-0.1, -0.05) is 38.1 Å². The van der Waals surface area contributed by atoms with Gasteiger partial charge in [0.1, 0.15) is 0 Å². The van der Waals surface area contributed by atoms with Crippen molar-refractivity contribution in [3.05, 3.63) is 35.4 Å². The largest absolute Gasteiger partial charge is 0.308 e. The number of nitrogens with zero attached hydrogens (tertiary/aromatic N) is 1. The molecule has 1 N–H and O–H groups in total. The van der Waals surface area contributed by atoms with Crippen LogP contribution >= 0.6 is 0 Å². The molecule has 0 radical (unpaired) electrons. The maximum atomic E-state index is 3.78. The lowest BCUT2D eigenvalue weighted by molar-refractivity contribution is 0.298. The minimum absolute atomic E-state index is 0.629. The van der Waals surface area contributed by atoms with Gasteiger partial charge < -0.3 is 5.32 Å². The Balaban J connectivity index is 1.54. The standard InChI is InChI=1S/C17H26N2/c1-13(2)15-7-5-14(6-8-15)12-18-16-9-11-19-10-3-4-17(16)19/h5-8,13,16-18H,3-4,9-12H2,1-2H3. The first kappa shape index (κ1) is 13.1. The summed E-state index contributed by atoms with van der Waals surface area (Å²) in [4.78, 5) is 2.67. The Hall–Kier alpha value is -0.860. The lowest BCUT2D eigenvalue weighted by atomic mass is 10.0. The van der Waals surface area contributed by atoms with Crippen LogP contribution in [-0.2, 0) is 6.54 Å². The summed E-state index contributed by atoms with van der Waals surface area (Å²) < 4.78 is 0. The van der Waals surface area contributed by atoms with Gasteiger partial charge in [0, 0.05) is 25.2 Å². The lowest BCUT2D eigenvalue weighted by Crippen LogP contribution is -2.38. The average molecular weight is 258 g/mol. The van der Waals surface area contributed by atoms with E-state index < -0.39 is 0 Å². The molecule has 0 bridgehead atoms. The second kappa shape index (κ2) is 5.64. The fourth-order valence-corrected chi connectivity index (χ4v) is 3.59. The predicted octanol–water partition coefficient (Wildman–Crippen LogP) is 3.14. The van der Waals surface area contributed by atoms with E-state index in [4.69, 9.17) is 0 Å². The van der Waals surface area contributed by atoms with E-state index in [1.54, 1.807) is 0 Å². The molecule has 3 rings (SSSR count). The third-order valence-electron chi connectivity index (χ3n) is 4.82. The van der Waals surface area contributed by atoms with Crippen LogP contribution < -0.4 is 5.32 Å². The van der Waals surface area contributed by atoms with E-state index in [2.05, 4.69) is 48.3 Å². The summed E-state index contributed by atoms with van der Waals surface area (Å²) >= 11 is 0. The molecule has 1 aromatic rings. The first-order valence-electron chi connectivity index (χ1n) is 7.80.